The van der Waals surface area contributed by atoms with Gasteiger partial charge in [-0.3, -0.25) is 9.69 Å². The molecule has 0 fully saturated rings. The Morgan fingerprint density at radius 1 is 1.35 bits per heavy atom. The zero-order valence-electron chi connectivity index (χ0n) is 13.6. The van der Waals surface area contributed by atoms with Crippen LogP contribution in [-0.2, 0) is 4.79 Å². The van der Waals surface area contributed by atoms with Crippen LogP contribution in [0.15, 0.2) is 12.3 Å². The van der Waals surface area contributed by atoms with Crippen LogP contribution in [0.4, 0.5) is 5.82 Å². The highest BCUT2D eigenvalue weighted by molar-refractivity contribution is 5.93. The Labute approximate surface area is 122 Å². The highest BCUT2D eigenvalue weighted by Crippen LogP contribution is 2.14. The normalized spacial score (nSPS) is 13.2. The molecule has 1 amide bonds. The third-order valence-corrected chi connectivity index (χ3v) is 3.51. The van der Waals surface area contributed by atoms with E-state index in [1.807, 2.05) is 38.6 Å². The molecule has 20 heavy (non-hydrogen) atoms. The van der Waals surface area contributed by atoms with Crippen LogP contribution in [0.5, 0.6) is 0 Å². The van der Waals surface area contributed by atoms with Crippen molar-refractivity contribution in [3.63, 3.8) is 0 Å². The first kappa shape index (κ1) is 16.7. The summed E-state index contributed by atoms with van der Waals surface area (Å²) in [6, 6.07) is 1.91. The van der Waals surface area contributed by atoms with E-state index in [1.165, 1.54) is 0 Å². The number of rotatable bonds is 7. The van der Waals surface area contributed by atoms with E-state index in [2.05, 4.69) is 29.2 Å². The molecule has 0 saturated heterocycles. The van der Waals surface area contributed by atoms with Crippen molar-refractivity contribution in [2.75, 3.05) is 18.9 Å². The van der Waals surface area contributed by atoms with E-state index in [0.717, 1.165) is 18.8 Å². The number of carbonyl (C=O) groups is 1. The van der Waals surface area contributed by atoms with Gasteiger partial charge in [-0.15, -0.1) is 0 Å². The highest BCUT2D eigenvalue weighted by Gasteiger charge is 2.19. The number of nitrogens with zero attached hydrogens (tertiary/aromatic N) is 3. The minimum atomic E-state index is -0.149. The van der Waals surface area contributed by atoms with Crippen LogP contribution in [0.25, 0.3) is 0 Å². The fourth-order valence-electron chi connectivity index (χ4n) is 1.91. The Morgan fingerprint density at radius 2 is 2.00 bits per heavy atom. The molecule has 5 heteroatoms. The van der Waals surface area contributed by atoms with E-state index < -0.39 is 0 Å². The molecule has 114 valence electrons. The summed E-state index contributed by atoms with van der Waals surface area (Å²) in [7, 11) is 1.99. The van der Waals surface area contributed by atoms with Gasteiger partial charge in [0.15, 0.2) is 0 Å². The van der Waals surface area contributed by atoms with Crippen LogP contribution in [0.2, 0.25) is 0 Å². The Balaban J connectivity index is 2.59. The van der Waals surface area contributed by atoms with Crippen molar-refractivity contribution < 1.29 is 4.79 Å². The van der Waals surface area contributed by atoms with E-state index in [0.29, 0.717) is 5.92 Å². The second kappa shape index (κ2) is 7.43. The number of aromatic nitrogens is 2. The van der Waals surface area contributed by atoms with Gasteiger partial charge in [-0.05, 0) is 46.7 Å². The smallest absolute Gasteiger partial charge is 0.242 e. The topological polar surface area (TPSA) is 50.2 Å². The van der Waals surface area contributed by atoms with Crippen molar-refractivity contribution in [1.82, 2.24) is 14.7 Å². The van der Waals surface area contributed by atoms with Crippen molar-refractivity contribution in [2.45, 2.75) is 53.1 Å². The number of anilines is 1. The average Bonchev–Trinajstić information content (AvgIpc) is 2.83. The zero-order valence-corrected chi connectivity index (χ0v) is 13.6. The molecule has 1 heterocycles. The largest absolute Gasteiger partial charge is 0.310 e. The van der Waals surface area contributed by atoms with Gasteiger partial charge in [0.05, 0.1) is 12.2 Å². The number of nitrogens with one attached hydrogen (secondary N) is 1. The molecule has 5 nitrogen and oxygen atoms in total. The maximum Gasteiger partial charge on any atom is 0.242 e. The first-order chi connectivity index (χ1) is 9.32. The summed E-state index contributed by atoms with van der Waals surface area (Å²) in [4.78, 5) is 14.4. The molecule has 0 aliphatic carbocycles. The van der Waals surface area contributed by atoms with Crippen molar-refractivity contribution in [3.8, 4) is 0 Å². The summed E-state index contributed by atoms with van der Waals surface area (Å²) in [5.41, 5.74) is 0. The van der Waals surface area contributed by atoms with Crippen molar-refractivity contribution in [3.05, 3.63) is 12.3 Å². The lowest BCUT2D eigenvalue weighted by molar-refractivity contribution is -0.120. The van der Waals surface area contributed by atoms with Crippen molar-refractivity contribution in [1.29, 1.82) is 0 Å². The van der Waals surface area contributed by atoms with Crippen LogP contribution in [0.1, 0.15) is 47.1 Å². The lowest BCUT2D eigenvalue weighted by atomic mass is 10.1. The molecule has 1 atom stereocenters. The molecule has 0 spiro atoms. The van der Waals surface area contributed by atoms with Gasteiger partial charge in [0.2, 0.25) is 5.91 Å². The van der Waals surface area contributed by atoms with E-state index in [9.17, 15) is 4.79 Å². The van der Waals surface area contributed by atoms with Crippen LogP contribution in [-0.4, -0.2) is 40.2 Å². The Kier molecular flexibility index (Phi) is 6.20. The molecule has 1 rings (SSSR count). The molecule has 1 aromatic heterocycles. The second-order valence-electron chi connectivity index (χ2n) is 6.08. The number of hydrogen-bond acceptors (Lipinski definition) is 3. The van der Waals surface area contributed by atoms with Crippen molar-refractivity contribution in [2.24, 2.45) is 5.92 Å². The SMILES string of the molecule is CC(C)CCN(C)C(C)C(=O)Nc1ccnn1C(C)C. The second-order valence-corrected chi connectivity index (χ2v) is 6.08. The molecular weight excluding hydrogens is 252 g/mol. The number of hydrogen-bond donors (Lipinski definition) is 1. The Bertz CT molecular complexity index is 425. The standard InChI is InChI=1S/C15H28N4O/c1-11(2)8-10-18(6)13(5)15(20)17-14-7-9-16-19(14)12(3)4/h7,9,11-13H,8,10H2,1-6H3,(H,17,20). The lowest BCUT2D eigenvalue weighted by Crippen LogP contribution is -2.40. The monoisotopic (exact) mass is 280 g/mol. The van der Waals surface area contributed by atoms with E-state index in [1.54, 1.807) is 6.20 Å². The maximum absolute atomic E-state index is 12.3. The number of carbonyl (C=O) groups excluding carboxylic acids is 1. The average molecular weight is 280 g/mol. The van der Waals surface area contributed by atoms with Crippen LogP contribution in [0, 0.1) is 5.92 Å². The van der Waals surface area contributed by atoms with Crippen LogP contribution < -0.4 is 5.32 Å². The number of amides is 1. The third-order valence-electron chi connectivity index (χ3n) is 3.51. The van der Waals surface area contributed by atoms with Gasteiger partial charge in [0.1, 0.15) is 5.82 Å². The summed E-state index contributed by atoms with van der Waals surface area (Å²) in [6.07, 6.45) is 2.81. The number of likely N-dealkylation sites (N-methyl/N-ethyl adjacent to an activating group) is 1. The van der Waals surface area contributed by atoms with Gasteiger partial charge in [-0.1, -0.05) is 13.8 Å². The van der Waals surface area contributed by atoms with Crippen molar-refractivity contribution >= 4 is 11.7 Å². The fourth-order valence-corrected chi connectivity index (χ4v) is 1.91. The highest BCUT2D eigenvalue weighted by atomic mass is 16.2. The van der Waals surface area contributed by atoms with Gasteiger partial charge >= 0.3 is 0 Å². The molecular formula is C15H28N4O. The van der Waals surface area contributed by atoms with E-state index in [-0.39, 0.29) is 18.0 Å². The summed E-state index contributed by atoms with van der Waals surface area (Å²) in [5.74, 6) is 1.42. The van der Waals surface area contributed by atoms with Gasteiger partial charge in [0.25, 0.3) is 0 Å². The molecule has 0 aliphatic heterocycles. The predicted molar refractivity (Wildman–Crippen MR) is 82.8 cm³/mol. The Hall–Kier alpha value is -1.36. The first-order valence-electron chi connectivity index (χ1n) is 7.37. The molecule has 0 aliphatic rings. The quantitative estimate of drug-likeness (QED) is 0.835. The van der Waals surface area contributed by atoms with Crippen LogP contribution >= 0.6 is 0 Å². The summed E-state index contributed by atoms with van der Waals surface area (Å²) in [6.45, 7) is 11.3. The van der Waals surface area contributed by atoms with Gasteiger partial charge in [0, 0.05) is 12.1 Å². The fraction of sp³-hybridized carbons (Fsp3) is 0.733. The molecule has 0 saturated carbocycles. The minimum absolute atomic E-state index is 0.0126. The molecule has 1 unspecified atom stereocenters. The predicted octanol–water partition coefficient (Wildman–Crippen LogP) is 2.77. The summed E-state index contributed by atoms with van der Waals surface area (Å²) >= 11 is 0. The summed E-state index contributed by atoms with van der Waals surface area (Å²) < 4.78 is 1.82. The zero-order chi connectivity index (χ0) is 15.3. The van der Waals surface area contributed by atoms with Crippen LogP contribution in [0.3, 0.4) is 0 Å². The molecule has 1 N–H and O–H groups in total. The van der Waals surface area contributed by atoms with Gasteiger partial charge in [-0.25, -0.2) is 4.68 Å². The maximum atomic E-state index is 12.3. The first-order valence-corrected chi connectivity index (χ1v) is 7.37. The molecule has 1 aromatic rings. The summed E-state index contributed by atoms with van der Waals surface area (Å²) in [5, 5.41) is 7.18. The minimum Gasteiger partial charge on any atom is -0.310 e. The molecule has 0 radical (unpaired) electrons. The van der Waals surface area contributed by atoms with E-state index >= 15 is 0 Å². The Morgan fingerprint density at radius 3 is 2.55 bits per heavy atom. The third kappa shape index (κ3) is 4.63. The molecule has 0 aromatic carbocycles. The van der Waals surface area contributed by atoms with Gasteiger partial charge < -0.3 is 5.32 Å². The van der Waals surface area contributed by atoms with E-state index in [4.69, 9.17) is 0 Å². The van der Waals surface area contributed by atoms with Gasteiger partial charge in [-0.2, -0.15) is 5.10 Å². The lowest BCUT2D eigenvalue weighted by Gasteiger charge is -2.24. The molecule has 0 bridgehead atoms.